The third-order valence-corrected chi connectivity index (χ3v) is 9.01. The van der Waals surface area contributed by atoms with Crippen molar-refractivity contribution in [2.24, 2.45) is 23.2 Å². The minimum atomic E-state index is -0.208. The second kappa shape index (κ2) is 7.50. The highest BCUT2D eigenvalue weighted by Gasteiger charge is 2.56. The van der Waals surface area contributed by atoms with E-state index in [1.165, 1.54) is 6.42 Å². The van der Waals surface area contributed by atoms with Crippen LogP contribution in [-0.2, 0) is 0 Å². The largest absolute Gasteiger partial charge is 0.452 e. The molecule has 7 heteroatoms. The summed E-state index contributed by atoms with van der Waals surface area (Å²) in [6, 6.07) is 11.4. The summed E-state index contributed by atoms with van der Waals surface area (Å²) in [6.07, 6.45) is 2.26. The molecule has 2 aromatic heterocycles. The van der Waals surface area contributed by atoms with Gasteiger partial charge in [0.05, 0.1) is 10.7 Å². The zero-order chi connectivity index (χ0) is 23.9. The van der Waals surface area contributed by atoms with Crippen molar-refractivity contribution in [3.63, 3.8) is 0 Å². The maximum atomic E-state index is 13.6. The summed E-state index contributed by atoms with van der Waals surface area (Å²) in [5.41, 5.74) is 4.28. The maximum absolute atomic E-state index is 13.6. The van der Waals surface area contributed by atoms with Crippen LogP contribution in [0.5, 0.6) is 0 Å². The molecule has 2 heterocycles. The standard InChI is InChI=1S/C27H27Cl2N3O2/c1-13-5-7-17-22(9-13)34-25-23(31-32(24(17)25)21-8-6-16(28)12-19(21)29)26(33)30-20-11-15-10-18(14(20)2)27(15,3)4/h5-9,12,14-15,18,20H,10-11H2,1-4H3,(H,30,33). The van der Waals surface area contributed by atoms with Crippen LogP contribution >= 0.6 is 23.2 Å². The lowest BCUT2D eigenvalue weighted by molar-refractivity contribution is -0.113. The molecular weight excluding hydrogens is 469 g/mol. The lowest BCUT2D eigenvalue weighted by Gasteiger charge is -2.62. The number of rotatable bonds is 3. The van der Waals surface area contributed by atoms with E-state index in [9.17, 15) is 4.79 Å². The first kappa shape index (κ1) is 22.0. The third-order valence-electron chi connectivity index (χ3n) is 8.47. The Morgan fingerprint density at radius 2 is 1.97 bits per heavy atom. The van der Waals surface area contributed by atoms with E-state index >= 15 is 0 Å². The smallest absolute Gasteiger partial charge is 0.275 e. The van der Waals surface area contributed by atoms with Crippen LogP contribution in [0.3, 0.4) is 0 Å². The molecule has 0 spiro atoms. The highest BCUT2D eigenvalue weighted by atomic mass is 35.5. The number of nitrogens with one attached hydrogen (secondary N) is 1. The van der Waals surface area contributed by atoms with Gasteiger partial charge in [0.2, 0.25) is 0 Å². The average Bonchev–Trinajstić information content (AvgIpc) is 3.31. The SMILES string of the molecule is Cc1ccc2c(c1)oc1c(C(=O)NC3CC4CC(C3C)C4(C)C)nn(-c3ccc(Cl)cc3Cl)c12. The maximum Gasteiger partial charge on any atom is 0.275 e. The van der Waals surface area contributed by atoms with Crippen molar-refractivity contribution < 1.29 is 9.21 Å². The molecule has 0 radical (unpaired) electrons. The first-order valence-corrected chi connectivity index (χ1v) is 12.6. The van der Waals surface area contributed by atoms with Crippen molar-refractivity contribution in [2.75, 3.05) is 0 Å². The topological polar surface area (TPSA) is 60.1 Å². The van der Waals surface area contributed by atoms with E-state index in [0.717, 1.165) is 22.9 Å². The molecule has 176 valence electrons. The van der Waals surface area contributed by atoms with Crippen LogP contribution in [0.2, 0.25) is 10.0 Å². The fourth-order valence-electron chi connectivity index (χ4n) is 6.31. The molecule has 2 bridgehead atoms. The summed E-state index contributed by atoms with van der Waals surface area (Å²) in [5.74, 6) is 1.50. The Bertz CT molecular complexity index is 1470. The van der Waals surface area contributed by atoms with Crippen molar-refractivity contribution in [3.05, 3.63) is 57.7 Å². The predicted octanol–water partition coefficient (Wildman–Crippen LogP) is 7.19. The van der Waals surface area contributed by atoms with Gasteiger partial charge >= 0.3 is 0 Å². The van der Waals surface area contributed by atoms with Crippen LogP contribution < -0.4 is 5.32 Å². The van der Waals surface area contributed by atoms with Gasteiger partial charge in [0.1, 0.15) is 11.1 Å². The molecule has 4 atom stereocenters. The molecular formula is C27H27Cl2N3O2. The zero-order valence-corrected chi connectivity index (χ0v) is 21.2. The molecule has 3 fully saturated rings. The van der Waals surface area contributed by atoms with E-state index in [2.05, 4.69) is 26.1 Å². The molecule has 0 saturated heterocycles. The van der Waals surface area contributed by atoms with Crippen LogP contribution in [0.4, 0.5) is 0 Å². The summed E-state index contributed by atoms with van der Waals surface area (Å²) in [4.78, 5) is 13.6. The Morgan fingerprint density at radius 3 is 2.68 bits per heavy atom. The van der Waals surface area contributed by atoms with E-state index < -0.39 is 0 Å². The molecule has 4 unspecified atom stereocenters. The summed E-state index contributed by atoms with van der Waals surface area (Å²) < 4.78 is 7.92. The van der Waals surface area contributed by atoms with Gasteiger partial charge in [-0.1, -0.05) is 50.0 Å². The van der Waals surface area contributed by atoms with Gasteiger partial charge in [-0.2, -0.15) is 5.10 Å². The quantitative estimate of drug-likeness (QED) is 0.327. The summed E-state index contributed by atoms with van der Waals surface area (Å²) in [7, 11) is 0. The molecule has 1 amide bonds. The molecule has 5 nitrogen and oxygen atoms in total. The van der Waals surface area contributed by atoms with Gasteiger partial charge in [-0.05, 0) is 78.8 Å². The average molecular weight is 496 g/mol. The summed E-state index contributed by atoms with van der Waals surface area (Å²) >= 11 is 12.7. The van der Waals surface area contributed by atoms with Crippen LogP contribution in [0.25, 0.3) is 27.8 Å². The first-order chi connectivity index (χ1) is 16.1. The number of aromatic nitrogens is 2. The van der Waals surface area contributed by atoms with E-state index in [4.69, 9.17) is 32.7 Å². The lowest BCUT2D eigenvalue weighted by Crippen LogP contribution is -2.60. The molecule has 4 aromatic rings. The Morgan fingerprint density at radius 1 is 1.18 bits per heavy atom. The predicted molar refractivity (Wildman–Crippen MR) is 136 cm³/mol. The van der Waals surface area contributed by atoms with Gasteiger partial charge in [0.15, 0.2) is 11.3 Å². The second-order valence-electron chi connectivity index (χ2n) is 10.7. The van der Waals surface area contributed by atoms with Gasteiger partial charge in [0.25, 0.3) is 5.91 Å². The molecule has 0 aliphatic heterocycles. The molecule has 3 aliphatic rings. The number of carbonyl (C=O) groups is 1. The van der Waals surface area contributed by atoms with Crippen LogP contribution in [0.1, 0.15) is 49.7 Å². The number of carbonyl (C=O) groups excluding carboxylic acids is 1. The third kappa shape index (κ3) is 3.13. The monoisotopic (exact) mass is 495 g/mol. The van der Waals surface area contributed by atoms with Gasteiger partial charge in [0, 0.05) is 16.5 Å². The minimum Gasteiger partial charge on any atom is -0.452 e. The minimum absolute atomic E-state index is 0.134. The van der Waals surface area contributed by atoms with E-state index in [1.54, 1.807) is 16.8 Å². The number of hydrogen-bond donors (Lipinski definition) is 1. The fraction of sp³-hybridized carbons (Fsp3) is 0.407. The Balaban J connectivity index is 1.45. The summed E-state index contributed by atoms with van der Waals surface area (Å²) in [5, 5.41) is 9.88. The van der Waals surface area contributed by atoms with Gasteiger partial charge in [-0.3, -0.25) is 4.79 Å². The van der Waals surface area contributed by atoms with E-state index in [-0.39, 0.29) is 17.6 Å². The van der Waals surface area contributed by atoms with Gasteiger partial charge < -0.3 is 9.73 Å². The van der Waals surface area contributed by atoms with Crippen molar-refractivity contribution in [2.45, 2.75) is 46.6 Å². The van der Waals surface area contributed by atoms with Gasteiger partial charge in [-0.25, -0.2) is 4.68 Å². The van der Waals surface area contributed by atoms with Crippen LogP contribution in [-0.4, -0.2) is 21.7 Å². The fourth-order valence-corrected chi connectivity index (χ4v) is 6.80. The number of nitrogens with zero attached hydrogens (tertiary/aromatic N) is 2. The number of halogens is 2. The lowest BCUT2D eigenvalue weighted by atomic mass is 9.45. The number of aryl methyl sites for hydroxylation is 1. The second-order valence-corrected chi connectivity index (χ2v) is 11.5. The Hall–Kier alpha value is -2.50. The van der Waals surface area contributed by atoms with Crippen molar-refractivity contribution >= 4 is 51.2 Å². The molecule has 3 saturated carbocycles. The van der Waals surface area contributed by atoms with Crippen molar-refractivity contribution in [1.29, 1.82) is 0 Å². The molecule has 7 rings (SSSR count). The number of hydrogen-bond acceptors (Lipinski definition) is 3. The number of furan rings is 1. The van der Waals surface area contributed by atoms with Crippen LogP contribution in [0, 0.1) is 30.1 Å². The highest BCUT2D eigenvalue weighted by molar-refractivity contribution is 6.35. The number of amides is 1. The number of fused-ring (bicyclic) bond motifs is 5. The normalized spacial score (nSPS) is 25.5. The van der Waals surface area contributed by atoms with E-state index in [0.29, 0.717) is 50.1 Å². The van der Waals surface area contributed by atoms with Crippen LogP contribution in [0.15, 0.2) is 40.8 Å². The number of benzene rings is 2. The Kier molecular flexibility index (Phi) is 4.85. The highest BCUT2D eigenvalue weighted by Crippen LogP contribution is 2.61. The molecule has 34 heavy (non-hydrogen) atoms. The Labute approximate surface area is 208 Å². The molecule has 3 aliphatic carbocycles. The molecule has 1 N–H and O–H groups in total. The van der Waals surface area contributed by atoms with Crippen molar-refractivity contribution in [1.82, 2.24) is 15.1 Å². The first-order valence-electron chi connectivity index (χ1n) is 11.8. The zero-order valence-electron chi connectivity index (χ0n) is 19.7. The summed E-state index contributed by atoms with van der Waals surface area (Å²) in [6.45, 7) is 8.99. The molecule has 2 aromatic carbocycles. The van der Waals surface area contributed by atoms with Gasteiger partial charge in [-0.15, -0.1) is 0 Å². The van der Waals surface area contributed by atoms with E-state index in [1.807, 2.05) is 31.2 Å². The van der Waals surface area contributed by atoms with Crippen molar-refractivity contribution in [3.8, 4) is 5.69 Å².